The molecule has 1 saturated heterocycles. The number of Topliss-reactive ketones (excluding diaryl/α,β-unsaturated/α-hetero) is 1. The molecular formula is C18H27NO2. The number of hydrogen-bond donors (Lipinski definition) is 0. The summed E-state index contributed by atoms with van der Waals surface area (Å²) in [4.78, 5) is 14.9. The third kappa shape index (κ3) is 4.31. The van der Waals surface area contributed by atoms with Crippen LogP contribution < -0.4 is 4.74 Å². The average Bonchev–Trinajstić information content (AvgIpc) is 2.48. The lowest BCUT2D eigenvalue weighted by molar-refractivity contribution is 0.0912. The number of carbonyl (C=O) groups excluding carboxylic acids is 1. The van der Waals surface area contributed by atoms with Gasteiger partial charge in [-0.2, -0.15) is 0 Å². The van der Waals surface area contributed by atoms with Crippen molar-refractivity contribution in [1.82, 2.24) is 4.90 Å². The zero-order valence-electron chi connectivity index (χ0n) is 13.5. The lowest BCUT2D eigenvalue weighted by atomic mass is 9.98. The molecule has 1 aromatic carbocycles. The highest BCUT2D eigenvalue weighted by Crippen LogP contribution is 2.25. The number of ketones is 1. The summed E-state index contributed by atoms with van der Waals surface area (Å²) in [5.41, 5.74) is 1.94. The molecule has 0 radical (unpaired) electrons. The Hall–Kier alpha value is -1.35. The van der Waals surface area contributed by atoms with E-state index in [9.17, 15) is 4.79 Å². The van der Waals surface area contributed by atoms with Crippen LogP contribution in [0.4, 0.5) is 0 Å². The molecule has 0 aromatic heterocycles. The van der Waals surface area contributed by atoms with Crippen LogP contribution in [-0.2, 0) is 0 Å². The number of hydrogen-bond acceptors (Lipinski definition) is 3. The molecule has 21 heavy (non-hydrogen) atoms. The van der Waals surface area contributed by atoms with E-state index in [0.717, 1.165) is 24.4 Å². The van der Waals surface area contributed by atoms with Gasteiger partial charge in [-0.25, -0.2) is 0 Å². The van der Waals surface area contributed by atoms with Gasteiger partial charge in [0.2, 0.25) is 0 Å². The van der Waals surface area contributed by atoms with E-state index >= 15 is 0 Å². The van der Waals surface area contributed by atoms with Gasteiger partial charge >= 0.3 is 0 Å². The molecule has 3 heteroatoms. The van der Waals surface area contributed by atoms with Crippen molar-refractivity contribution >= 4 is 5.78 Å². The van der Waals surface area contributed by atoms with Gasteiger partial charge in [-0.15, -0.1) is 0 Å². The number of benzene rings is 1. The maximum atomic E-state index is 12.7. The first kappa shape index (κ1) is 16.0. The predicted octanol–water partition coefficient (Wildman–Crippen LogP) is 3.88. The van der Waals surface area contributed by atoms with Gasteiger partial charge < -0.3 is 4.74 Å². The second kappa shape index (κ2) is 7.60. The van der Waals surface area contributed by atoms with Crippen LogP contribution in [0.5, 0.6) is 5.75 Å². The zero-order valence-corrected chi connectivity index (χ0v) is 13.5. The molecule has 1 aliphatic rings. The Morgan fingerprint density at radius 3 is 2.57 bits per heavy atom. The molecule has 3 nitrogen and oxygen atoms in total. The fourth-order valence-electron chi connectivity index (χ4n) is 2.81. The normalized spacial score (nSPS) is 16.2. The van der Waals surface area contributed by atoms with Crippen LogP contribution in [0.3, 0.4) is 0 Å². The molecule has 116 valence electrons. The van der Waals surface area contributed by atoms with E-state index in [-0.39, 0.29) is 5.78 Å². The molecule has 1 aliphatic heterocycles. The van der Waals surface area contributed by atoms with Gasteiger partial charge in [0, 0.05) is 0 Å². The Balaban J connectivity index is 2.17. The molecule has 0 saturated carbocycles. The number of piperidine rings is 1. The van der Waals surface area contributed by atoms with Gasteiger partial charge in [0.1, 0.15) is 5.75 Å². The number of ether oxygens (including phenoxy) is 1. The maximum absolute atomic E-state index is 12.7. The summed E-state index contributed by atoms with van der Waals surface area (Å²) < 4.78 is 5.64. The second-order valence-corrected chi connectivity index (χ2v) is 6.10. The number of likely N-dealkylation sites (tertiary alicyclic amines) is 1. The summed E-state index contributed by atoms with van der Waals surface area (Å²) in [5, 5.41) is 0. The van der Waals surface area contributed by atoms with Gasteiger partial charge in [-0.1, -0.05) is 26.3 Å². The Bertz CT molecular complexity index is 476. The first-order valence-electron chi connectivity index (χ1n) is 8.14. The quantitative estimate of drug-likeness (QED) is 0.744. The second-order valence-electron chi connectivity index (χ2n) is 6.10. The number of carbonyl (C=O) groups is 1. The molecule has 1 aromatic rings. The minimum Gasteiger partial charge on any atom is -0.493 e. The van der Waals surface area contributed by atoms with Crippen molar-refractivity contribution < 1.29 is 9.53 Å². The predicted molar refractivity (Wildman–Crippen MR) is 86.3 cm³/mol. The highest BCUT2D eigenvalue weighted by molar-refractivity contribution is 6.00. The molecule has 1 heterocycles. The van der Waals surface area contributed by atoms with Gasteiger partial charge in [0.15, 0.2) is 5.78 Å². The van der Waals surface area contributed by atoms with Crippen LogP contribution in [0.1, 0.15) is 61.9 Å². The first-order chi connectivity index (χ1) is 10.1. The SMILES string of the molecule is CCOc1ccc(C(C)C)cc1C(=O)CN1CCCCC1. The van der Waals surface area contributed by atoms with Crippen molar-refractivity contribution in [2.45, 2.75) is 46.0 Å². The molecular weight excluding hydrogens is 262 g/mol. The summed E-state index contributed by atoms with van der Waals surface area (Å²) in [6, 6.07) is 6.03. The Labute approximate surface area is 128 Å². The van der Waals surface area contributed by atoms with Crippen LogP contribution in [0.2, 0.25) is 0 Å². The number of rotatable bonds is 6. The average molecular weight is 289 g/mol. The van der Waals surface area contributed by atoms with Crippen LogP contribution in [0.15, 0.2) is 18.2 Å². The molecule has 0 amide bonds. The maximum Gasteiger partial charge on any atom is 0.180 e. The lowest BCUT2D eigenvalue weighted by Gasteiger charge is -2.26. The Morgan fingerprint density at radius 2 is 1.95 bits per heavy atom. The van der Waals surface area contributed by atoms with Crippen LogP contribution in [0, 0.1) is 0 Å². The van der Waals surface area contributed by atoms with E-state index in [4.69, 9.17) is 4.74 Å². The van der Waals surface area contributed by atoms with E-state index < -0.39 is 0 Å². The van der Waals surface area contributed by atoms with Gasteiger partial charge in [0.05, 0.1) is 18.7 Å². The molecule has 0 aliphatic carbocycles. The van der Waals surface area contributed by atoms with Gasteiger partial charge in [0.25, 0.3) is 0 Å². The van der Waals surface area contributed by atoms with Gasteiger partial charge in [-0.3, -0.25) is 9.69 Å². The van der Waals surface area contributed by atoms with E-state index in [1.54, 1.807) is 0 Å². The van der Waals surface area contributed by atoms with E-state index in [1.165, 1.54) is 24.8 Å². The standard InChI is InChI=1S/C18H27NO2/c1-4-21-18-9-8-15(14(2)3)12-16(18)17(20)13-19-10-6-5-7-11-19/h8-9,12,14H,4-7,10-11,13H2,1-3H3. The summed E-state index contributed by atoms with van der Waals surface area (Å²) in [6.07, 6.45) is 3.70. The molecule has 0 atom stereocenters. The minimum atomic E-state index is 0.183. The monoisotopic (exact) mass is 289 g/mol. The highest BCUT2D eigenvalue weighted by atomic mass is 16.5. The van der Waals surface area contributed by atoms with Crippen LogP contribution >= 0.6 is 0 Å². The fraction of sp³-hybridized carbons (Fsp3) is 0.611. The smallest absolute Gasteiger partial charge is 0.180 e. The molecule has 1 fully saturated rings. The summed E-state index contributed by atoms with van der Waals surface area (Å²) in [6.45, 7) is 9.43. The van der Waals surface area contributed by atoms with Crippen molar-refractivity contribution in [2.24, 2.45) is 0 Å². The third-order valence-electron chi connectivity index (χ3n) is 4.09. The Morgan fingerprint density at radius 1 is 1.24 bits per heavy atom. The molecule has 0 unspecified atom stereocenters. The summed E-state index contributed by atoms with van der Waals surface area (Å²) >= 11 is 0. The molecule has 2 rings (SSSR count). The van der Waals surface area contributed by atoms with E-state index in [1.807, 2.05) is 19.1 Å². The number of nitrogens with zero attached hydrogens (tertiary/aromatic N) is 1. The summed E-state index contributed by atoms with van der Waals surface area (Å²) in [7, 11) is 0. The lowest BCUT2D eigenvalue weighted by Crippen LogP contribution is -2.34. The van der Waals surface area contributed by atoms with Crippen molar-refractivity contribution in [2.75, 3.05) is 26.2 Å². The van der Waals surface area contributed by atoms with Crippen LogP contribution in [0.25, 0.3) is 0 Å². The van der Waals surface area contributed by atoms with Crippen molar-refractivity contribution in [3.8, 4) is 5.75 Å². The molecule has 0 spiro atoms. The first-order valence-corrected chi connectivity index (χ1v) is 8.14. The van der Waals surface area contributed by atoms with Crippen LogP contribution in [-0.4, -0.2) is 36.9 Å². The van der Waals surface area contributed by atoms with Crippen molar-refractivity contribution in [3.05, 3.63) is 29.3 Å². The highest BCUT2D eigenvalue weighted by Gasteiger charge is 2.19. The Kier molecular flexibility index (Phi) is 5.80. The van der Waals surface area contributed by atoms with E-state index in [2.05, 4.69) is 24.8 Å². The van der Waals surface area contributed by atoms with E-state index in [0.29, 0.717) is 19.1 Å². The topological polar surface area (TPSA) is 29.5 Å². The molecule has 0 bridgehead atoms. The van der Waals surface area contributed by atoms with Gasteiger partial charge in [-0.05, 0) is 56.5 Å². The minimum absolute atomic E-state index is 0.183. The van der Waals surface area contributed by atoms with Crippen molar-refractivity contribution in [1.29, 1.82) is 0 Å². The fourth-order valence-corrected chi connectivity index (χ4v) is 2.81. The summed E-state index contributed by atoms with van der Waals surface area (Å²) in [5.74, 6) is 1.33. The zero-order chi connectivity index (χ0) is 15.2. The largest absolute Gasteiger partial charge is 0.493 e. The third-order valence-corrected chi connectivity index (χ3v) is 4.09. The molecule has 0 N–H and O–H groups in total. The van der Waals surface area contributed by atoms with Crippen molar-refractivity contribution in [3.63, 3.8) is 0 Å².